The summed E-state index contributed by atoms with van der Waals surface area (Å²) < 4.78 is 31.1. The fourth-order valence-electron chi connectivity index (χ4n) is 1.10. The molecule has 0 saturated carbocycles. The van der Waals surface area contributed by atoms with E-state index in [0.29, 0.717) is 12.5 Å². The predicted molar refractivity (Wildman–Crippen MR) is 67.9 cm³/mol. The largest absolute Gasteiger partial charge is 0.380 e. The van der Waals surface area contributed by atoms with Crippen molar-refractivity contribution >= 4 is 16.0 Å². The first-order chi connectivity index (χ1) is 8.49. The Balaban J connectivity index is 2.72. The lowest BCUT2D eigenvalue weighted by molar-refractivity contribution is 0.122. The van der Waals surface area contributed by atoms with Crippen molar-refractivity contribution in [2.75, 3.05) is 25.5 Å². The molecule has 1 heterocycles. The van der Waals surface area contributed by atoms with E-state index in [2.05, 4.69) is 20.0 Å². The number of ether oxygens (including phenoxy) is 1. The number of rotatable bonds is 7. The van der Waals surface area contributed by atoms with E-state index in [-0.39, 0.29) is 17.5 Å². The number of aromatic nitrogens is 2. The smallest absolute Gasteiger partial charge is 0.243 e. The van der Waals surface area contributed by atoms with Crippen molar-refractivity contribution in [3.8, 4) is 0 Å². The molecule has 1 aromatic rings. The molecule has 0 aliphatic heterocycles. The average Bonchev–Trinajstić information content (AvgIpc) is 2.37. The zero-order valence-electron chi connectivity index (χ0n) is 10.7. The standard InChI is InChI=1S/C10H18N4O3S/c1-4-11-10-12-6-9(7-13-10)18(15,16)14-5-8(2)17-3/h6-8,14H,4-5H2,1-3H3,(H,11,12,13). The van der Waals surface area contributed by atoms with Crippen LogP contribution >= 0.6 is 0 Å². The molecule has 7 nitrogen and oxygen atoms in total. The highest BCUT2D eigenvalue weighted by Crippen LogP contribution is 2.07. The molecule has 1 rings (SSSR count). The van der Waals surface area contributed by atoms with E-state index in [1.807, 2.05) is 6.92 Å². The van der Waals surface area contributed by atoms with Crippen molar-refractivity contribution in [1.82, 2.24) is 14.7 Å². The van der Waals surface area contributed by atoms with Gasteiger partial charge in [0.2, 0.25) is 16.0 Å². The Morgan fingerprint density at radius 2 is 2.00 bits per heavy atom. The van der Waals surface area contributed by atoms with Crippen LogP contribution in [0.3, 0.4) is 0 Å². The van der Waals surface area contributed by atoms with Crippen LogP contribution in [0.25, 0.3) is 0 Å². The van der Waals surface area contributed by atoms with Crippen LogP contribution in [0.15, 0.2) is 17.3 Å². The van der Waals surface area contributed by atoms with Crippen LogP contribution in [0.1, 0.15) is 13.8 Å². The summed E-state index contributed by atoms with van der Waals surface area (Å²) in [6, 6.07) is 0. The quantitative estimate of drug-likeness (QED) is 0.739. The number of methoxy groups -OCH3 is 1. The minimum absolute atomic E-state index is 0.0347. The minimum Gasteiger partial charge on any atom is -0.380 e. The number of sulfonamides is 1. The van der Waals surface area contributed by atoms with E-state index in [0.717, 1.165) is 0 Å². The third-order valence-electron chi connectivity index (χ3n) is 2.24. The van der Waals surface area contributed by atoms with E-state index < -0.39 is 10.0 Å². The van der Waals surface area contributed by atoms with Crippen LogP contribution in [0.5, 0.6) is 0 Å². The van der Waals surface area contributed by atoms with Gasteiger partial charge in [0.25, 0.3) is 0 Å². The first-order valence-corrected chi connectivity index (χ1v) is 7.06. The van der Waals surface area contributed by atoms with Crippen LogP contribution in [0.4, 0.5) is 5.95 Å². The third-order valence-corrected chi connectivity index (χ3v) is 3.61. The molecule has 102 valence electrons. The lowest BCUT2D eigenvalue weighted by Crippen LogP contribution is -2.31. The predicted octanol–water partition coefficient (Wildman–Crippen LogP) is 0.222. The van der Waals surface area contributed by atoms with Crippen LogP contribution in [0.2, 0.25) is 0 Å². The molecule has 0 spiro atoms. The zero-order chi connectivity index (χ0) is 13.6. The van der Waals surface area contributed by atoms with Gasteiger partial charge in [0.1, 0.15) is 4.90 Å². The monoisotopic (exact) mass is 274 g/mol. The fourth-order valence-corrected chi connectivity index (χ4v) is 2.10. The van der Waals surface area contributed by atoms with E-state index in [9.17, 15) is 8.42 Å². The molecule has 0 fully saturated rings. The molecule has 0 amide bonds. The molecular formula is C10H18N4O3S. The average molecular weight is 274 g/mol. The van der Waals surface area contributed by atoms with Gasteiger partial charge in [-0.2, -0.15) is 0 Å². The van der Waals surface area contributed by atoms with Gasteiger partial charge >= 0.3 is 0 Å². The first-order valence-electron chi connectivity index (χ1n) is 5.58. The molecule has 1 unspecified atom stereocenters. The van der Waals surface area contributed by atoms with Gasteiger partial charge in [0.15, 0.2) is 0 Å². The molecule has 0 saturated heterocycles. The molecule has 18 heavy (non-hydrogen) atoms. The van der Waals surface area contributed by atoms with Crippen LogP contribution in [-0.4, -0.2) is 44.7 Å². The van der Waals surface area contributed by atoms with Gasteiger partial charge in [-0.15, -0.1) is 0 Å². The Morgan fingerprint density at radius 3 is 2.50 bits per heavy atom. The number of hydrogen-bond acceptors (Lipinski definition) is 6. The second-order valence-corrected chi connectivity index (χ2v) is 5.44. The summed E-state index contributed by atoms with van der Waals surface area (Å²) in [5.41, 5.74) is 0. The Hall–Kier alpha value is -1.25. The van der Waals surface area contributed by atoms with Gasteiger partial charge in [0.05, 0.1) is 18.5 Å². The summed E-state index contributed by atoms with van der Waals surface area (Å²) in [6.07, 6.45) is 2.34. The molecule has 0 aliphatic rings. The third kappa shape index (κ3) is 4.21. The second kappa shape index (κ2) is 6.62. The van der Waals surface area contributed by atoms with Crippen molar-refractivity contribution in [2.24, 2.45) is 0 Å². The first kappa shape index (κ1) is 14.8. The summed E-state index contributed by atoms with van der Waals surface area (Å²) in [6.45, 7) is 4.55. The maximum absolute atomic E-state index is 11.9. The highest BCUT2D eigenvalue weighted by Gasteiger charge is 2.16. The molecule has 8 heteroatoms. The SMILES string of the molecule is CCNc1ncc(S(=O)(=O)NCC(C)OC)cn1. The van der Waals surface area contributed by atoms with Crippen molar-refractivity contribution in [2.45, 2.75) is 24.8 Å². The maximum Gasteiger partial charge on any atom is 0.243 e. The Kier molecular flexibility index (Phi) is 5.45. The summed E-state index contributed by atoms with van der Waals surface area (Å²) in [7, 11) is -2.06. The van der Waals surface area contributed by atoms with Gasteiger partial charge in [0, 0.05) is 20.2 Å². The highest BCUT2D eigenvalue weighted by molar-refractivity contribution is 7.89. The fraction of sp³-hybridized carbons (Fsp3) is 0.600. The van der Waals surface area contributed by atoms with Crippen molar-refractivity contribution < 1.29 is 13.2 Å². The minimum atomic E-state index is -3.58. The normalized spacial score (nSPS) is 13.3. The van der Waals surface area contributed by atoms with Gasteiger partial charge < -0.3 is 10.1 Å². The molecule has 2 N–H and O–H groups in total. The molecule has 0 aliphatic carbocycles. The lowest BCUT2D eigenvalue weighted by atomic mass is 10.4. The summed E-state index contributed by atoms with van der Waals surface area (Å²) in [4.78, 5) is 7.85. The van der Waals surface area contributed by atoms with Crippen LogP contribution in [-0.2, 0) is 14.8 Å². The molecule has 0 radical (unpaired) electrons. The number of nitrogens with zero attached hydrogens (tertiary/aromatic N) is 2. The Bertz CT molecular complexity index is 461. The highest BCUT2D eigenvalue weighted by atomic mass is 32.2. The number of nitrogens with one attached hydrogen (secondary N) is 2. The molecular weight excluding hydrogens is 256 g/mol. The van der Waals surface area contributed by atoms with E-state index in [4.69, 9.17) is 4.74 Å². The number of anilines is 1. The van der Waals surface area contributed by atoms with Crippen molar-refractivity contribution in [1.29, 1.82) is 0 Å². The second-order valence-electron chi connectivity index (χ2n) is 3.67. The van der Waals surface area contributed by atoms with E-state index in [1.165, 1.54) is 19.5 Å². The zero-order valence-corrected chi connectivity index (χ0v) is 11.5. The molecule has 1 aromatic heterocycles. The topological polar surface area (TPSA) is 93.2 Å². The number of hydrogen-bond donors (Lipinski definition) is 2. The maximum atomic E-state index is 11.9. The Morgan fingerprint density at radius 1 is 1.39 bits per heavy atom. The van der Waals surface area contributed by atoms with E-state index in [1.54, 1.807) is 6.92 Å². The molecule has 0 aromatic carbocycles. The van der Waals surface area contributed by atoms with Gasteiger partial charge in [-0.1, -0.05) is 0 Å². The lowest BCUT2D eigenvalue weighted by Gasteiger charge is -2.11. The van der Waals surface area contributed by atoms with Crippen LogP contribution < -0.4 is 10.0 Å². The van der Waals surface area contributed by atoms with Crippen LogP contribution in [0, 0.1) is 0 Å². The van der Waals surface area contributed by atoms with Gasteiger partial charge in [-0.05, 0) is 13.8 Å². The van der Waals surface area contributed by atoms with Gasteiger partial charge in [-0.3, -0.25) is 0 Å². The molecule has 1 atom stereocenters. The van der Waals surface area contributed by atoms with E-state index >= 15 is 0 Å². The van der Waals surface area contributed by atoms with Crippen molar-refractivity contribution in [3.05, 3.63) is 12.4 Å². The molecule has 0 bridgehead atoms. The summed E-state index contributed by atoms with van der Waals surface area (Å²) in [5, 5.41) is 2.89. The van der Waals surface area contributed by atoms with Gasteiger partial charge in [-0.25, -0.2) is 23.1 Å². The Labute approximate surface area is 107 Å². The summed E-state index contributed by atoms with van der Waals surface area (Å²) >= 11 is 0. The summed E-state index contributed by atoms with van der Waals surface area (Å²) in [5.74, 6) is 0.404. The van der Waals surface area contributed by atoms with Crippen molar-refractivity contribution in [3.63, 3.8) is 0 Å².